The molecule has 0 radical (unpaired) electrons. The van der Waals surface area contributed by atoms with E-state index in [2.05, 4.69) is 51.6 Å². The summed E-state index contributed by atoms with van der Waals surface area (Å²) in [6, 6.07) is 16.6. The summed E-state index contributed by atoms with van der Waals surface area (Å²) in [5.74, 6) is -0.478. The quantitative estimate of drug-likeness (QED) is 0.361. The maximum atomic E-state index is 13.2. The molecule has 0 spiro atoms. The van der Waals surface area contributed by atoms with Crippen LogP contribution in [-0.4, -0.2) is 15.9 Å². The summed E-state index contributed by atoms with van der Waals surface area (Å²) in [6.07, 6.45) is 3.69. The van der Waals surface area contributed by atoms with E-state index in [1.54, 1.807) is 12.3 Å². The zero-order valence-electron chi connectivity index (χ0n) is 14.6. The van der Waals surface area contributed by atoms with Crippen LogP contribution in [0, 0.1) is 12.7 Å². The number of aromatic nitrogens is 1. The first-order chi connectivity index (χ1) is 13.0. The van der Waals surface area contributed by atoms with Crippen LogP contribution < -0.4 is 10.7 Å². The molecule has 138 valence electrons. The Labute approximate surface area is 167 Å². The molecule has 0 unspecified atom stereocenters. The molecular formula is C20H18ClFN4S. The first-order valence-corrected chi connectivity index (χ1v) is 9.06. The number of benzene rings is 2. The monoisotopic (exact) mass is 400 g/mol. The summed E-state index contributed by atoms with van der Waals surface area (Å²) >= 11 is 10.9. The van der Waals surface area contributed by atoms with Crippen molar-refractivity contribution in [3.63, 3.8) is 0 Å². The molecule has 27 heavy (non-hydrogen) atoms. The molecule has 0 bridgehead atoms. The maximum Gasteiger partial charge on any atom is 0.191 e. The van der Waals surface area contributed by atoms with E-state index in [1.165, 1.54) is 23.3 Å². The largest absolute Gasteiger partial charge is 0.342 e. The fourth-order valence-corrected chi connectivity index (χ4v) is 2.82. The molecule has 4 nitrogen and oxygen atoms in total. The minimum Gasteiger partial charge on any atom is -0.342 e. The van der Waals surface area contributed by atoms with E-state index in [1.807, 2.05) is 18.3 Å². The van der Waals surface area contributed by atoms with Crippen molar-refractivity contribution < 1.29 is 4.39 Å². The number of thiocarbonyl (C=S) groups is 1. The first kappa shape index (κ1) is 19.1. The fraction of sp³-hybridized carbons (Fsp3) is 0.100. The van der Waals surface area contributed by atoms with Crippen LogP contribution in [0.2, 0.25) is 5.02 Å². The van der Waals surface area contributed by atoms with Crippen LogP contribution in [0.4, 0.5) is 10.1 Å². The van der Waals surface area contributed by atoms with Gasteiger partial charge in [0, 0.05) is 18.4 Å². The van der Waals surface area contributed by atoms with Crippen molar-refractivity contribution in [2.75, 3.05) is 5.32 Å². The van der Waals surface area contributed by atoms with Gasteiger partial charge in [-0.2, -0.15) is 5.10 Å². The second-order valence-electron chi connectivity index (χ2n) is 6.00. The minimum atomic E-state index is -0.478. The number of nitrogens with zero attached hydrogens (tertiary/aromatic N) is 2. The van der Waals surface area contributed by atoms with Gasteiger partial charge in [0.25, 0.3) is 0 Å². The Kier molecular flexibility index (Phi) is 6.21. The van der Waals surface area contributed by atoms with Gasteiger partial charge >= 0.3 is 0 Å². The van der Waals surface area contributed by atoms with Crippen molar-refractivity contribution >= 4 is 40.8 Å². The predicted octanol–water partition coefficient (Wildman–Crippen LogP) is 4.96. The van der Waals surface area contributed by atoms with E-state index in [0.717, 1.165) is 12.2 Å². The molecule has 2 aromatic carbocycles. The molecule has 0 aliphatic carbocycles. The Morgan fingerprint density at radius 1 is 1.22 bits per heavy atom. The molecule has 0 fully saturated rings. The standard InChI is InChI=1S/C20H18ClFN4S/c1-14-4-6-15(7-5-14)13-26-10-2-3-17(26)12-23-25-20(27)24-16-8-9-19(22)18(21)11-16/h2-12H,13H2,1H3,(H2,24,25,27)/b23-12+. The van der Waals surface area contributed by atoms with E-state index in [4.69, 9.17) is 23.8 Å². The van der Waals surface area contributed by atoms with Gasteiger partial charge in [0.2, 0.25) is 0 Å². The summed E-state index contributed by atoms with van der Waals surface area (Å²) < 4.78 is 15.3. The summed E-state index contributed by atoms with van der Waals surface area (Å²) in [4.78, 5) is 0. The third-order valence-corrected chi connectivity index (χ3v) is 4.36. The van der Waals surface area contributed by atoms with Gasteiger partial charge in [-0.15, -0.1) is 0 Å². The van der Waals surface area contributed by atoms with Gasteiger partial charge in [0.05, 0.1) is 16.9 Å². The van der Waals surface area contributed by atoms with E-state index >= 15 is 0 Å². The van der Waals surface area contributed by atoms with Crippen LogP contribution in [0.15, 0.2) is 65.9 Å². The molecule has 3 aromatic rings. The Hall–Kier alpha value is -2.70. The maximum absolute atomic E-state index is 13.2. The van der Waals surface area contributed by atoms with Gasteiger partial charge in [-0.05, 0) is 55.0 Å². The van der Waals surface area contributed by atoms with E-state index in [0.29, 0.717) is 5.69 Å². The molecule has 0 aliphatic heterocycles. The Balaban J connectivity index is 1.58. The number of nitrogens with one attached hydrogen (secondary N) is 2. The van der Waals surface area contributed by atoms with E-state index in [9.17, 15) is 4.39 Å². The highest BCUT2D eigenvalue weighted by Crippen LogP contribution is 2.19. The highest BCUT2D eigenvalue weighted by molar-refractivity contribution is 7.80. The average molecular weight is 401 g/mol. The molecule has 2 N–H and O–H groups in total. The molecule has 0 amide bonds. The van der Waals surface area contributed by atoms with Crippen LogP contribution in [0.1, 0.15) is 16.8 Å². The van der Waals surface area contributed by atoms with Crippen molar-refractivity contribution in [1.29, 1.82) is 0 Å². The second-order valence-corrected chi connectivity index (χ2v) is 6.82. The summed E-state index contributed by atoms with van der Waals surface area (Å²) in [6.45, 7) is 2.82. The normalized spacial score (nSPS) is 10.9. The number of aryl methyl sites for hydroxylation is 1. The molecule has 1 heterocycles. The molecule has 0 saturated carbocycles. The third-order valence-electron chi connectivity index (χ3n) is 3.88. The summed E-state index contributed by atoms with van der Waals surface area (Å²) in [5, 5.41) is 7.37. The molecule has 0 atom stereocenters. The third kappa shape index (κ3) is 5.39. The van der Waals surface area contributed by atoms with Gasteiger partial charge < -0.3 is 9.88 Å². The Morgan fingerprint density at radius 3 is 2.74 bits per heavy atom. The van der Waals surface area contributed by atoms with E-state index < -0.39 is 5.82 Å². The predicted molar refractivity (Wildman–Crippen MR) is 113 cm³/mol. The second kappa shape index (κ2) is 8.79. The number of hydrazone groups is 1. The fourth-order valence-electron chi connectivity index (χ4n) is 2.47. The van der Waals surface area contributed by atoms with Crippen LogP contribution in [0.25, 0.3) is 0 Å². The molecule has 7 heteroatoms. The SMILES string of the molecule is Cc1ccc(Cn2cccc2/C=N/NC(=S)Nc2ccc(F)c(Cl)c2)cc1. The van der Waals surface area contributed by atoms with Crippen molar-refractivity contribution in [3.8, 4) is 0 Å². The zero-order valence-corrected chi connectivity index (χ0v) is 16.2. The van der Waals surface area contributed by atoms with Gasteiger partial charge in [0.1, 0.15) is 5.82 Å². The number of halogens is 2. The van der Waals surface area contributed by atoms with Gasteiger partial charge in [0.15, 0.2) is 5.11 Å². The van der Waals surface area contributed by atoms with Crippen molar-refractivity contribution in [2.45, 2.75) is 13.5 Å². The highest BCUT2D eigenvalue weighted by atomic mass is 35.5. The van der Waals surface area contributed by atoms with Crippen LogP contribution in [0.3, 0.4) is 0 Å². The lowest BCUT2D eigenvalue weighted by Gasteiger charge is -2.08. The Morgan fingerprint density at radius 2 is 2.00 bits per heavy atom. The van der Waals surface area contributed by atoms with Crippen LogP contribution >= 0.6 is 23.8 Å². The van der Waals surface area contributed by atoms with Crippen LogP contribution in [-0.2, 0) is 6.54 Å². The van der Waals surface area contributed by atoms with Crippen molar-refractivity contribution in [3.05, 3.63) is 88.5 Å². The zero-order chi connectivity index (χ0) is 19.2. The Bertz CT molecular complexity index is 966. The minimum absolute atomic E-state index is 0.0280. The van der Waals surface area contributed by atoms with Gasteiger partial charge in [-0.25, -0.2) is 4.39 Å². The van der Waals surface area contributed by atoms with Crippen LogP contribution in [0.5, 0.6) is 0 Å². The number of hydrogen-bond donors (Lipinski definition) is 2. The smallest absolute Gasteiger partial charge is 0.191 e. The number of rotatable bonds is 5. The highest BCUT2D eigenvalue weighted by Gasteiger charge is 2.03. The molecule has 3 rings (SSSR count). The average Bonchev–Trinajstić information content (AvgIpc) is 3.07. The summed E-state index contributed by atoms with van der Waals surface area (Å²) in [5.41, 5.74) is 6.71. The van der Waals surface area contributed by atoms with E-state index in [-0.39, 0.29) is 10.1 Å². The number of hydrogen-bond acceptors (Lipinski definition) is 2. The van der Waals surface area contributed by atoms with Crippen molar-refractivity contribution in [2.24, 2.45) is 5.10 Å². The molecular weight excluding hydrogens is 383 g/mol. The lowest BCUT2D eigenvalue weighted by atomic mass is 10.1. The lowest BCUT2D eigenvalue weighted by molar-refractivity contribution is 0.628. The van der Waals surface area contributed by atoms with Crippen molar-refractivity contribution in [1.82, 2.24) is 9.99 Å². The molecule has 0 saturated heterocycles. The first-order valence-electron chi connectivity index (χ1n) is 8.27. The number of anilines is 1. The molecule has 1 aromatic heterocycles. The summed E-state index contributed by atoms with van der Waals surface area (Å²) in [7, 11) is 0. The topological polar surface area (TPSA) is 41.4 Å². The van der Waals surface area contributed by atoms with Gasteiger partial charge in [-0.1, -0.05) is 41.4 Å². The lowest BCUT2D eigenvalue weighted by Crippen LogP contribution is -2.24. The van der Waals surface area contributed by atoms with Gasteiger partial charge in [-0.3, -0.25) is 5.43 Å². The molecule has 0 aliphatic rings.